The van der Waals surface area contributed by atoms with E-state index in [-0.39, 0.29) is 48.4 Å². The number of aromatic nitrogens is 2. The summed E-state index contributed by atoms with van der Waals surface area (Å²) in [6, 6.07) is 1.97. The number of fused-ring (bicyclic) bond motifs is 2. The molecule has 4 aliphatic rings. The average molecular weight is 541 g/mol. The maximum Gasteiger partial charge on any atom is 0.195 e. The molecule has 6 atom stereocenters. The summed E-state index contributed by atoms with van der Waals surface area (Å²) in [5, 5.41) is 18.4. The van der Waals surface area contributed by atoms with E-state index in [1.165, 1.54) is 19.3 Å². The van der Waals surface area contributed by atoms with Gasteiger partial charge in [-0.25, -0.2) is 9.98 Å². The second kappa shape index (κ2) is 9.89. The lowest BCUT2D eigenvalue weighted by Crippen LogP contribution is -2.49. The van der Waals surface area contributed by atoms with Crippen molar-refractivity contribution in [3.05, 3.63) is 23.5 Å². The van der Waals surface area contributed by atoms with Gasteiger partial charge in [-0.1, -0.05) is 26.7 Å². The number of hydrogen-bond acceptors (Lipinski definition) is 10. The number of hydrogen-bond donors (Lipinski definition) is 3. The lowest BCUT2D eigenvalue weighted by Gasteiger charge is -2.32. The number of aliphatic hydroxyl groups is 1. The molecule has 1 saturated heterocycles. The Kier molecular flexibility index (Phi) is 6.83. The standard InChI is InChI=1S/C28H40N6O3S/c1-15-21(25-33-19-12-29-9-8-20(19)38-25)24(34-26(31-15)30-14-27(2,3)11-16-6-7-16)32-18-10-17(13-35)22-23(18)37-28(4,5)36-22/h8-9,12,16-18,21-23,26,30,35H,6-7,10-11,13-14H2,1-5H3,(H,32,34). The largest absolute Gasteiger partial charge is 0.396 e. The highest BCUT2D eigenvalue weighted by Crippen LogP contribution is 2.42. The molecule has 10 heteroatoms. The van der Waals surface area contributed by atoms with Gasteiger partial charge in [-0.05, 0) is 51.0 Å². The molecule has 2 aromatic heterocycles. The number of ether oxygens (including phenoxy) is 2. The van der Waals surface area contributed by atoms with Gasteiger partial charge in [0.2, 0.25) is 0 Å². The number of thiazole rings is 1. The molecule has 2 aromatic rings. The van der Waals surface area contributed by atoms with E-state index in [1.54, 1.807) is 23.7 Å². The zero-order chi connectivity index (χ0) is 26.7. The first kappa shape index (κ1) is 26.3. The lowest BCUT2D eigenvalue weighted by atomic mass is 9.87. The minimum Gasteiger partial charge on any atom is -0.396 e. The predicted molar refractivity (Wildman–Crippen MR) is 150 cm³/mol. The molecule has 9 nitrogen and oxygen atoms in total. The van der Waals surface area contributed by atoms with Crippen LogP contribution in [0.25, 0.3) is 10.2 Å². The van der Waals surface area contributed by atoms with Crippen LogP contribution in [-0.4, -0.2) is 70.1 Å². The van der Waals surface area contributed by atoms with E-state index in [0.29, 0.717) is 0 Å². The molecule has 4 heterocycles. The molecule has 3 N–H and O–H groups in total. The SMILES string of the molecule is CC1=NC(NCC(C)(C)CC2CC2)N=C(NC2CC(CO)C3OC(C)(C)OC23)C1c1nc2cnccc2s1. The molecule has 6 unspecified atom stereocenters. The highest BCUT2D eigenvalue weighted by atomic mass is 32.1. The first-order chi connectivity index (χ1) is 18.1. The molecule has 6 rings (SSSR count). The molecule has 2 aliphatic carbocycles. The second-order valence-corrected chi connectivity index (χ2v) is 13.7. The molecule has 2 aliphatic heterocycles. The Labute approximate surface area is 228 Å². The number of rotatable bonds is 8. The highest BCUT2D eigenvalue weighted by molar-refractivity contribution is 7.18. The van der Waals surface area contributed by atoms with E-state index in [4.69, 9.17) is 24.4 Å². The first-order valence-corrected chi connectivity index (χ1v) is 14.7. The Morgan fingerprint density at radius 2 is 1.97 bits per heavy atom. The molecule has 0 amide bonds. The normalized spacial score (nSPS) is 32.8. The second-order valence-electron chi connectivity index (χ2n) is 12.7. The van der Waals surface area contributed by atoms with E-state index in [1.807, 2.05) is 19.9 Å². The van der Waals surface area contributed by atoms with Crippen LogP contribution in [0.4, 0.5) is 0 Å². The summed E-state index contributed by atoms with van der Waals surface area (Å²) in [7, 11) is 0. The van der Waals surface area contributed by atoms with Crippen LogP contribution >= 0.6 is 11.3 Å². The van der Waals surface area contributed by atoms with Crippen LogP contribution in [0.2, 0.25) is 0 Å². The monoisotopic (exact) mass is 540 g/mol. The quantitative estimate of drug-likeness (QED) is 0.466. The van der Waals surface area contributed by atoms with Gasteiger partial charge in [-0.3, -0.25) is 15.3 Å². The van der Waals surface area contributed by atoms with E-state index in [0.717, 1.165) is 45.7 Å². The molecular formula is C28H40N6O3S. The van der Waals surface area contributed by atoms with Crippen molar-refractivity contribution in [3.63, 3.8) is 0 Å². The molecule has 3 fully saturated rings. The minimum absolute atomic E-state index is 0.0161. The third-order valence-corrected chi connectivity index (χ3v) is 9.28. The minimum atomic E-state index is -0.675. The Morgan fingerprint density at radius 3 is 2.71 bits per heavy atom. The zero-order valence-corrected chi connectivity index (χ0v) is 23.8. The van der Waals surface area contributed by atoms with Crippen molar-refractivity contribution < 1.29 is 14.6 Å². The van der Waals surface area contributed by atoms with Crippen molar-refractivity contribution in [1.29, 1.82) is 0 Å². The Bertz CT molecular complexity index is 1210. The van der Waals surface area contributed by atoms with Crippen molar-refractivity contribution in [2.45, 2.75) is 96.5 Å². The lowest BCUT2D eigenvalue weighted by molar-refractivity contribution is -0.159. The first-order valence-electron chi connectivity index (χ1n) is 13.9. The smallest absolute Gasteiger partial charge is 0.195 e. The fraction of sp³-hybridized carbons (Fsp3) is 0.714. The van der Waals surface area contributed by atoms with Crippen LogP contribution in [0.15, 0.2) is 28.4 Å². The molecule has 0 aromatic carbocycles. The van der Waals surface area contributed by atoms with Gasteiger partial charge in [-0.2, -0.15) is 0 Å². The van der Waals surface area contributed by atoms with Gasteiger partial charge in [0, 0.05) is 31.0 Å². The van der Waals surface area contributed by atoms with Gasteiger partial charge < -0.3 is 19.9 Å². The van der Waals surface area contributed by atoms with Gasteiger partial charge in [0.15, 0.2) is 12.1 Å². The molecule has 0 radical (unpaired) electrons. The third-order valence-electron chi connectivity index (χ3n) is 8.18. The molecule has 0 bridgehead atoms. The number of pyridine rings is 1. The summed E-state index contributed by atoms with van der Waals surface area (Å²) < 4.78 is 13.6. The van der Waals surface area contributed by atoms with Gasteiger partial charge in [-0.15, -0.1) is 11.3 Å². The van der Waals surface area contributed by atoms with Crippen molar-refractivity contribution in [2.24, 2.45) is 27.2 Å². The van der Waals surface area contributed by atoms with Crippen molar-refractivity contribution in [1.82, 2.24) is 20.6 Å². The van der Waals surface area contributed by atoms with Crippen LogP contribution < -0.4 is 10.6 Å². The average Bonchev–Trinajstić information content (AvgIpc) is 3.32. The van der Waals surface area contributed by atoms with Crippen molar-refractivity contribution in [3.8, 4) is 0 Å². The van der Waals surface area contributed by atoms with Crippen molar-refractivity contribution >= 4 is 33.1 Å². The number of aliphatic imine (C=N–C) groups is 2. The molecule has 206 valence electrons. The predicted octanol–water partition coefficient (Wildman–Crippen LogP) is 3.84. The van der Waals surface area contributed by atoms with Crippen LogP contribution in [-0.2, 0) is 9.47 Å². The maximum atomic E-state index is 10.1. The summed E-state index contributed by atoms with van der Waals surface area (Å²) in [5.41, 5.74) is 2.06. The van der Waals surface area contributed by atoms with Crippen LogP contribution in [0.1, 0.15) is 71.2 Å². The molecular weight excluding hydrogens is 500 g/mol. The van der Waals surface area contributed by atoms with Gasteiger partial charge in [0.25, 0.3) is 0 Å². The van der Waals surface area contributed by atoms with Gasteiger partial charge in [0.05, 0.1) is 28.6 Å². The van der Waals surface area contributed by atoms with E-state index < -0.39 is 5.79 Å². The summed E-state index contributed by atoms with van der Waals surface area (Å²) in [6.45, 7) is 11.5. The van der Waals surface area contributed by atoms with Crippen LogP contribution in [0.5, 0.6) is 0 Å². The van der Waals surface area contributed by atoms with E-state index in [2.05, 4.69) is 36.4 Å². The van der Waals surface area contributed by atoms with Crippen LogP contribution in [0, 0.1) is 17.3 Å². The molecule has 38 heavy (non-hydrogen) atoms. The highest BCUT2D eigenvalue weighted by Gasteiger charge is 2.54. The topological polar surface area (TPSA) is 113 Å². The fourth-order valence-corrected chi connectivity index (χ4v) is 7.37. The maximum absolute atomic E-state index is 10.1. The molecule has 0 spiro atoms. The zero-order valence-electron chi connectivity index (χ0n) is 23.0. The molecule has 2 saturated carbocycles. The number of aliphatic hydroxyl groups excluding tert-OH is 1. The van der Waals surface area contributed by atoms with Crippen molar-refractivity contribution in [2.75, 3.05) is 13.2 Å². The van der Waals surface area contributed by atoms with Gasteiger partial charge >= 0.3 is 0 Å². The van der Waals surface area contributed by atoms with Gasteiger partial charge in [0.1, 0.15) is 22.9 Å². The van der Waals surface area contributed by atoms with E-state index in [9.17, 15) is 5.11 Å². The summed E-state index contributed by atoms with van der Waals surface area (Å²) in [6.07, 6.45) is 7.65. The number of amidine groups is 1. The summed E-state index contributed by atoms with van der Waals surface area (Å²) in [5.74, 6) is 0.882. The van der Waals surface area contributed by atoms with E-state index >= 15 is 0 Å². The van der Waals surface area contributed by atoms with Crippen LogP contribution in [0.3, 0.4) is 0 Å². The summed E-state index contributed by atoms with van der Waals surface area (Å²) >= 11 is 1.66. The Balaban J connectivity index is 1.28. The fourth-order valence-electron chi connectivity index (χ4n) is 6.27. The number of nitrogens with zero attached hydrogens (tertiary/aromatic N) is 4. The Hall–Kier alpha value is -1.98. The number of nitrogens with one attached hydrogen (secondary N) is 2. The Morgan fingerprint density at radius 1 is 1.18 bits per heavy atom. The summed E-state index contributed by atoms with van der Waals surface area (Å²) in [4.78, 5) is 19.3. The third kappa shape index (κ3) is 5.38.